The van der Waals surface area contributed by atoms with Crippen molar-refractivity contribution in [3.05, 3.63) is 71.8 Å². The number of hydrogen-bond donors (Lipinski definition) is 2. The number of likely N-dealkylation sites (tertiary alicyclic amines) is 1. The molecule has 2 N–H and O–H groups in total. The van der Waals surface area contributed by atoms with Gasteiger partial charge in [-0.1, -0.05) is 60.7 Å². The zero-order chi connectivity index (χ0) is 16.8. The van der Waals surface area contributed by atoms with Crippen LogP contribution in [-0.4, -0.2) is 41.8 Å². The third kappa shape index (κ3) is 4.15. The molecule has 1 fully saturated rings. The van der Waals surface area contributed by atoms with Crippen LogP contribution in [0.25, 0.3) is 0 Å². The van der Waals surface area contributed by atoms with Crippen molar-refractivity contribution in [1.82, 2.24) is 10.2 Å². The highest BCUT2D eigenvalue weighted by Crippen LogP contribution is 2.23. The Hall–Kier alpha value is -2.33. The first kappa shape index (κ1) is 16.5. The molecule has 0 radical (unpaired) electrons. The highest BCUT2D eigenvalue weighted by Gasteiger charge is 2.23. The highest BCUT2D eigenvalue weighted by molar-refractivity contribution is 5.74. The van der Waals surface area contributed by atoms with Crippen molar-refractivity contribution in [3.8, 4) is 0 Å². The van der Waals surface area contributed by atoms with Crippen molar-refractivity contribution < 1.29 is 9.90 Å². The molecule has 4 heteroatoms. The largest absolute Gasteiger partial charge is 0.391 e. The lowest BCUT2D eigenvalue weighted by molar-refractivity contribution is 0.0842. The van der Waals surface area contributed by atoms with Crippen molar-refractivity contribution in [2.75, 3.05) is 19.6 Å². The molecule has 0 spiro atoms. The van der Waals surface area contributed by atoms with Crippen LogP contribution in [0.2, 0.25) is 0 Å². The Bertz CT molecular complexity index is 606. The lowest BCUT2D eigenvalue weighted by Gasteiger charge is -2.31. The molecule has 3 rings (SSSR count). The summed E-state index contributed by atoms with van der Waals surface area (Å²) in [6.07, 6.45) is 1.24. The molecule has 126 valence electrons. The highest BCUT2D eigenvalue weighted by atomic mass is 16.3. The third-order valence-electron chi connectivity index (χ3n) is 4.55. The van der Waals surface area contributed by atoms with Crippen molar-refractivity contribution in [3.63, 3.8) is 0 Å². The van der Waals surface area contributed by atoms with E-state index in [4.69, 9.17) is 0 Å². The van der Waals surface area contributed by atoms with Crippen LogP contribution in [0.5, 0.6) is 0 Å². The summed E-state index contributed by atoms with van der Waals surface area (Å²) in [5, 5.41) is 12.8. The maximum Gasteiger partial charge on any atom is 0.317 e. The number of rotatable bonds is 4. The Morgan fingerprint density at radius 3 is 2.21 bits per heavy atom. The number of nitrogens with zero attached hydrogens (tertiary/aromatic N) is 1. The van der Waals surface area contributed by atoms with E-state index in [1.54, 1.807) is 4.90 Å². The summed E-state index contributed by atoms with van der Waals surface area (Å²) < 4.78 is 0. The van der Waals surface area contributed by atoms with E-state index in [-0.39, 0.29) is 11.9 Å². The predicted molar refractivity (Wildman–Crippen MR) is 94.9 cm³/mol. The van der Waals surface area contributed by atoms with Gasteiger partial charge in [0.1, 0.15) is 0 Å². The summed E-state index contributed by atoms with van der Waals surface area (Å²) in [6, 6.07) is 20.4. The van der Waals surface area contributed by atoms with Crippen LogP contribution in [0, 0.1) is 0 Å². The number of benzene rings is 2. The number of piperidine rings is 1. The number of nitrogens with one attached hydrogen (secondary N) is 1. The van der Waals surface area contributed by atoms with Crippen molar-refractivity contribution in [2.24, 2.45) is 0 Å². The average molecular weight is 324 g/mol. The first-order valence-corrected chi connectivity index (χ1v) is 8.55. The van der Waals surface area contributed by atoms with Crippen LogP contribution in [-0.2, 0) is 0 Å². The van der Waals surface area contributed by atoms with Crippen LogP contribution in [0.4, 0.5) is 4.79 Å². The normalized spacial score (nSPS) is 17.8. The molecule has 4 nitrogen and oxygen atoms in total. The van der Waals surface area contributed by atoms with Gasteiger partial charge in [0.2, 0.25) is 0 Å². The van der Waals surface area contributed by atoms with Gasteiger partial charge in [0.05, 0.1) is 6.10 Å². The van der Waals surface area contributed by atoms with E-state index in [9.17, 15) is 9.90 Å². The van der Waals surface area contributed by atoms with E-state index in [1.807, 2.05) is 36.4 Å². The molecular formula is C20H24N2O2. The minimum atomic E-state index is -0.399. The minimum Gasteiger partial charge on any atom is -0.391 e. The van der Waals surface area contributed by atoms with Gasteiger partial charge in [0.15, 0.2) is 0 Å². The molecule has 0 aromatic heterocycles. The van der Waals surface area contributed by atoms with Gasteiger partial charge < -0.3 is 15.3 Å². The molecule has 1 aliphatic heterocycles. The summed E-state index contributed by atoms with van der Waals surface area (Å²) in [5.41, 5.74) is 2.37. The summed E-state index contributed by atoms with van der Waals surface area (Å²) in [4.78, 5) is 14.1. The molecule has 0 bridgehead atoms. The van der Waals surface area contributed by atoms with Crippen LogP contribution in [0.15, 0.2) is 60.7 Å². The number of β-amino-alcohol motifs (C(OH)–C–C–N with tert-alkyl or cyclic N) is 1. The van der Waals surface area contributed by atoms with E-state index < -0.39 is 6.10 Å². The van der Waals surface area contributed by atoms with Gasteiger partial charge >= 0.3 is 6.03 Å². The Balaban J connectivity index is 1.69. The molecule has 0 saturated carbocycles. The summed E-state index contributed by atoms with van der Waals surface area (Å²) in [7, 11) is 0. The van der Waals surface area contributed by atoms with Gasteiger partial charge in [0, 0.05) is 25.6 Å². The second-order valence-electron chi connectivity index (χ2n) is 6.30. The average Bonchev–Trinajstić information content (AvgIpc) is 2.63. The van der Waals surface area contributed by atoms with Gasteiger partial charge in [-0.05, 0) is 24.0 Å². The Morgan fingerprint density at radius 1 is 1.08 bits per heavy atom. The number of carbonyl (C=O) groups excluding carboxylic acids is 1. The summed E-state index contributed by atoms with van der Waals surface area (Å²) in [6.45, 7) is 1.68. The van der Waals surface area contributed by atoms with Gasteiger partial charge in [-0.15, -0.1) is 0 Å². The monoisotopic (exact) mass is 324 g/mol. The van der Waals surface area contributed by atoms with Crippen molar-refractivity contribution in [2.45, 2.75) is 24.9 Å². The third-order valence-corrected chi connectivity index (χ3v) is 4.55. The maximum atomic E-state index is 12.4. The zero-order valence-corrected chi connectivity index (χ0v) is 13.8. The zero-order valence-electron chi connectivity index (χ0n) is 13.8. The van der Waals surface area contributed by atoms with Gasteiger partial charge in [-0.2, -0.15) is 0 Å². The van der Waals surface area contributed by atoms with E-state index in [0.717, 1.165) is 12.8 Å². The van der Waals surface area contributed by atoms with E-state index >= 15 is 0 Å². The summed E-state index contributed by atoms with van der Waals surface area (Å²) >= 11 is 0. The molecule has 1 aliphatic rings. The fourth-order valence-electron chi connectivity index (χ4n) is 3.24. The quantitative estimate of drug-likeness (QED) is 0.908. The molecule has 1 atom stereocenters. The minimum absolute atomic E-state index is 0.0920. The van der Waals surface area contributed by atoms with Crippen LogP contribution in [0.1, 0.15) is 29.9 Å². The maximum absolute atomic E-state index is 12.4. The molecule has 1 heterocycles. The Labute approximate surface area is 143 Å². The van der Waals surface area contributed by atoms with E-state index in [0.29, 0.717) is 19.6 Å². The van der Waals surface area contributed by atoms with E-state index in [2.05, 4.69) is 29.6 Å². The predicted octanol–water partition coefficient (Wildman–Crippen LogP) is 2.98. The van der Waals surface area contributed by atoms with E-state index in [1.165, 1.54) is 11.1 Å². The number of aliphatic hydroxyl groups is 1. The van der Waals surface area contributed by atoms with Crippen molar-refractivity contribution in [1.29, 1.82) is 0 Å². The molecule has 2 amide bonds. The van der Waals surface area contributed by atoms with Crippen LogP contribution in [0.3, 0.4) is 0 Å². The number of urea groups is 1. The van der Waals surface area contributed by atoms with Crippen LogP contribution >= 0.6 is 0 Å². The van der Waals surface area contributed by atoms with Crippen LogP contribution < -0.4 is 5.32 Å². The summed E-state index contributed by atoms with van der Waals surface area (Å²) in [5.74, 6) is 0.117. The molecule has 2 aromatic rings. The lowest BCUT2D eigenvalue weighted by atomic mass is 9.91. The second-order valence-corrected chi connectivity index (χ2v) is 6.30. The first-order valence-electron chi connectivity index (χ1n) is 8.55. The van der Waals surface area contributed by atoms with Gasteiger partial charge in [0.25, 0.3) is 0 Å². The fraction of sp³-hybridized carbons (Fsp3) is 0.350. The topological polar surface area (TPSA) is 52.6 Å². The number of carbonyl (C=O) groups is 1. The molecule has 24 heavy (non-hydrogen) atoms. The number of hydrogen-bond acceptors (Lipinski definition) is 2. The smallest absolute Gasteiger partial charge is 0.317 e. The Morgan fingerprint density at radius 2 is 1.67 bits per heavy atom. The number of amides is 2. The van der Waals surface area contributed by atoms with Gasteiger partial charge in [-0.25, -0.2) is 4.79 Å². The standard InChI is InChI=1S/C20H24N2O2/c23-18-12-7-13-22(15-18)20(24)21-14-19(16-8-3-1-4-9-16)17-10-5-2-6-11-17/h1-6,8-11,18-19,23H,7,12-15H2,(H,21,24). The fourth-order valence-corrected chi connectivity index (χ4v) is 3.24. The Kier molecular flexibility index (Phi) is 5.49. The first-order chi connectivity index (χ1) is 11.7. The molecular weight excluding hydrogens is 300 g/mol. The molecule has 1 unspecified atom stereocenters. The van der Waals surface area contributed by atoms with Gasteiger partial charge in [-0.3, -0.25) is 0 Å². The molecule has 2 aromatic carbocycles. The van der Waals surface area contributed by atoms with Crippen molar-refractivity contribution >= 4 is 6.03 Å². The molecule has 0 aliphatic carbocycles. The lowest BCUT2D eigenvalue weighted by Crippen LogP contribution is -2.47. The SMILES string of the molecule is O=C(NCC(c1ccccc1)c1ccccc1)N1CCCC(O)C1. The molecule has 1 saturated heterocycles. The second kappa shape index (κ2) is 7.97. The number of aliphatic hydroxyl groups excluding tert-OH is 1.